The first-order valence-corrected chi connectivity index (χ1v) is 21.6. The standard InChI is InChI=1S/C48H51F2N3O11/c1-25(18-36(55)26(2)51-39(57)15-17-53-40(58)12-13-41(53)59)42(60)52-30-7-5-6-28(20-30)19-27-8-10-29(11-9-27)43-63-38-23-32-33-22-35(49)34-21-31(54)14-16-45(34,3)47(33,50)37(56)24-46(32,4)48(38,64-43)44(61)62/h5-14,16,20-21,25-26,32-33,35,37-38,43,56H,15,17-19,22-24H2,1-4H3,(H,51,57)(H,52,60)(H,61,62)/t25-,26+,32+,33+,35+,37+,38-,43-,45+,46+,47+,48+/m1/s1. The molecule has 6 aliphatic rings. The van der Waals surface area contributed by atoms with Crippen LogP contribution in [0.15, 0.2) is 84.5 Å². The van der Waals surface area contributed by atoms with Gasteiger partial charge in [0.05, 0.1) is 12.1 Å². The number of halogens is 2. The summed E-state index contributed by atoms with van der Waals surface area (Å²) in [6.07, 6.45) is 0.0345. The molecule has 2 heterocycles. The zero-order chi connectivity index (χ0) is 46.1. The lowest BCUT2D eigenvalue weighted by molar-refractivity contribution is -0.240. The van der Waals surface area contributed by atoms with Crippen molar-refractivity contribution in [2.45, 2.75) is 108 Å². The second kappa shape index (κ2) is 16.4. The third kappa shape index (κ3) is 7.23. The summed E-state index contributed by atoms with van der Waals surface area (Å²) >= 11 is 0. The number of hydrogen-bond donors (Lipinski definition) is 4. The topological polar surface area (TPSA) is 206 Å². The summed E-state index contributed by atoms with van der Waals surface area (Å²) in [4.78, 5) is 88.3. The number of Topliss-reactive ketones (excluding diaryl/α,β-unsaturated/α-hetero) is 1. The molecule has 14 nitrogen and oxygen atoms in total. The lowest BCUT2D eigenvalue weighted by atomic mass is 9.44. The van der Waals surface area contributed by atoms with Gasteiger partial charge in [-0.2, -0.15) is 0 Å². The monoisotopic (exact) mass is 883 g/mol. The largest absolute Gasteiger partial charge is 0.479 e. The fourth-order valence-corrected chi connectivity index (χ4v) is 11.3. The van der Waals surface area contributed by atoms with Crippen LogP contribution < -0.4 is 10.6 Å². The number of aliphatic hydroxyl groups is 1. The van der Waals surface area contributed by atoms with E-state index in [9.17, 15) is 43.8 Å². The summed E-state index contributed by atoms with van der Waals surface area (Å²) < 4.78 is 46.3. The van der Waals surface area contributed by atoms with Gasteiger partial charge in [-0.05, 0) is 86.4 Å². The minimum absolute atomic E-state index is 0.0130. The van der Waals surface area contributed by atoms with E-state index in [1.165, 1.54) is 26.0 Å². The third-order valence-corrected chi connectivity index (χ3v) is 14.8. The predicted molar refractivity (Wildman–Crippen MR) is 224 cm³/mol. The summed E-state index contributed by atoms with van der Waals surface area (Å²) in [5.41, 5.74) is -4.51. The SMILES string of the molecule is C[C@H](CC(=O)[C@H](C)NC(=O)CCN1C(=O)C=CC1=O)C(=O)Nc1cccc(Cc2ccc([C@@H]3O[C@@H]4C[C@H]5[C@@H]6C[C@H](F)C7=CC(=O)C=C[C@]7(C)[C@@]6(F)[C@@H](O)C[C@]5(C)[C@]4(C(=O)O)O3)cc2)c1. The highest BCUT2D eigenvalue weighted by atomic mass is 19.1. The Morgan fingerprint density at radius 1 is 0.953 bits per heavy atom. The number of alkyl halides is 2. The zero-order valence-electron chi connectivity index (χ0n) is 35.8. The van der Waals surface area contributed by atoms with Crippen molar-refractivity contribution >= 4 is 46.9 Å². The Morgan fingerprint density at radius 3 is 2.34 bits per heavy atom. The number of imide groups is 1. The Hall–Kier alpha value is -5.71. The molecule has 3 saturated carbocycles. The molecule has 4 amide bonds. The van der Waals surface area contributed by atoms with Gasteiger partial charge in [-0.3, -0.25) is 33.7 Å². The number of anilines is 1. The van der Waals surface area contributed by atoms with Crippen LogP contribution in [0.25, 0.3) is 0 Å². The van der Waals surface area contributed by atoms with Gasteiger partial charge in [0.1, 0.15) is 12.3 Å². The molecule has 338 valence electrons. The number of nitrogens with zero attached hydrogens (tertiary/aromatic N) is 1. The number of carbonyl (C=O) groups excluding carboxylic acids is 6. The number of fused-ring (bicyclic) bond motifs is 7. The zero-order valence-corrected chi connectivity index (χ0v) is 35.8. The lowest BCUT2D eigenvalue weighted by Gasteiger charge is -2.62. The van der Waals surface area contributed by atoms with Gasteiger partial charge in [0.25, 0.3) is 11.8 Å². The Bertz CT molecular complexity index is 2400. The summed E-state index contributed by atoms with van der Waals surface area (Å²) in [5.74, 6) is -6.59. The molecule has 12 atom stereocenters. The summed E-state index contributed by atoms with van der Waals surface area (Å²) in [5, 5.41) is 28.0. The van der Waals surface area contributed by atoms with Crippen LogP contribution in [0.1, 0.15) is 82.8 Å². The maximum absolute atomic E-state index is 17.6. The number of benzene rings is 2. The van der Waals surface area contributed by atoms with Crippen LogP contribution in [0.3, 0.4) is 0 Å². The van der Waals surface area contributed by atoms with E-state index in [1.807, 2.05) is 18.2 Å². The van der Waals surface area contributed by atoms with Gasteiger partial charge >= 0.3 is 5.97 Å². The number of ether oxygens (including phenoxy) is 2. The number of rotatable bonds is 13. The van der Waals surface area contributed by atoms with Gasteiger partial charge in [0.15, 0.2) is 29.1 Å². The van der Waals surface area contributed by atoms with E-state index in [1.54, 1.807) is 44.2 Å². The van der Waals surface area contributed by atoms with Crippen LogP contribution in [-0.4, -0.2) is 98.5 Å². The fourth-order valence-electron chi connectivity index (χ4n) is 11.3. The molecule has 16 heteroatoms. The Balaban J connectivity index is 0.876. The summed E-state index contributed by atoms with van der Waals surface area (Å²) in [6, 6.07) is 13.5. The Labute approximate surface area is 368 Å². The Morgan fingerprint density at radius 2 is 1.66 bits per heavy atom. The molecule has 0 radical (unpaired) electrons. The molecule has 4 aliphatic carbocycles. The molecule has 0 unspecified atom stereocenters. The highest BCUT2D eigenvalue weighted by molar-refractivity contribution is 6.13. The van der Waals surface area contributed by atoms with Crippen molar-refractivity contribution in [1.82, 2.24) is 10.2 Å². The molecule has 2 aromatic rings. The van der Waals surface area contributed by atoms with Crippen LogP contribution in [-0.2, 0) is 49.5 Å². The number of nitrogens with one attached hydrogen (secondary N) is 2. The van der Waals surface area contributed by atoms with Crippen LogP contribution in [0.2, 0.25) is 0 Å². The first-order chi connectivity index (χ1) is 30.2. The van der Waals surface area contributed by atoms with Gasteiger partial charge in [-0.25, -0.2) is 13.6 Å². The highest BCUT2D eigenvalue weighted by Crippen LogP contribution is 2.72. The van der Waals surface area contributed by atoms with Gasteiger partial charge < -0.3 is 30.3 Å². The van der Waals surface area contributed by atoms with Crippen molar-refractivity contribution in [3.8, 4) is 0 Å². The smallest absolute Gasteiger partial charge is 0.339 e. The van der Waals surface area contributed by atoms with E-state index >= 15 is 8.78 Å². The van der Waals surface area contributed by atoms with Gasteiger partial charge in [0, 0.05) is 65.5 Å². The highest BCUT2D eigenvalue weighted by Gasteiger charge is 2.80. The van der Waals surface area contributed by atoms with E-state index in [0.29, 0.717) is 17.7 Å². The van der Waals surface area contributed by atoms with Crippen molar-refractivity contribution in [3.05, 3.63) is 101 Å². The lowest BCUT2D eigenvalue weighted by Crippen LogP contribution is -2.70. The molecule has 0 aromatic heterocycles. The van der Waals surface area contributed by atoms with Crippen molar-refractivity contribution in [3.63, 3.8) is 0 Å². The summed E-state index contributed by atoms with van der Waals surface area (Å²) in [6.45, 7) is 6.15. The molecule has 2 aromatic carbocycles. The molecular weight excluding hydrogens is 833 g/mol. The van der Waals surface area contributed by atoms with Crippen molar-refractivity contribution in [2.24, 2.45) is 28.6 Å². The molecule has 0 bridgehead atoms. The number of allylic oxidation sites excluding steroid dienone is 4. The summed E-state index contributed by atoms with van der Waals surface area (Å²) in [7, 11) is 0. The number of hydrogen-bond acceptors (Lipinski definition) is 10. The fraction of sp³-hybridized carbons (Fsp3) is 0.479. The molecule has 0 spiro atoms. The van der Waals surface area contributed by atoms with Crippen LogP contribution in [0.5, 0.6) is 0 Å². The minimum atomic E-state index is -2.37. The molecule has 2 aliphatic heterocycles. The van der Waals surface area contributed by atoms with E-state index < -0.39 is 106 Å². The van der Waals surface area contributed by atoms with Crippen LogP contribution in [0, 0.1) is 28.6 Å². The molecule has 4 N–H and O–H groups in total. The number of aliphatic carboxylic acids is 1. The van der Waals surface area contributed by atoms with Crippen molar-refractivity contribution in [1.29, 1.82) is 0 Å². The number of carbonyl (C=O) groups is 7. The Kier molecular flexibility index (Phi) is 11.5. The second-order valence-electron chi connectivity index (χ2n) is 18.6. The molecular formula is C48H51F2N3O11. The van der Waals surface area contributed by atoms with Gasteiger partial charge in [-0.1, -0.05) is 56.3 Å². The number of aliphatic hydroxyl groups excluding tert-OH is 1. The van der Waals surface area contributed by atoms with E-state index in [-0.39, 0.29) is 50.0 Å². The molecule has 8 rings (SSSR count). The van der Waals surface area contributed by atoms with Gasteiger partial charge in [-0.15, -0.1) is 0 Å². The maximum atomic E-state index is 17.6. The molecule has 4 fully saturated rings. The third-order valence-electron chi connectivity index (χ3n) is 14.8. The van der Waals surface area contributed by atoms with Crippen LogP contribution >= 0.6 is 0 Å². The van der Waals surface area contributed by atoms with Crippen molar-refractivity contribution in [2.75, 3.05) is 11.9 Å². The average molecular weight is 884 g/mol. The first kappa shape index (κ1) is 44.9. The molecule has 1 saturated heterocycles. The molecule has 64 heavy (non-hydrogen) atoms. The quantitative estimate of drug-likeness (QED) is 0.201. The van der Waals surface area contributed by atoms with E-state index in [2.05, 4.69) is 10.6 Å². The average Bonchev–Trinajstić information content (AvgIpc) is 3.87. The first-order valence-electron chi connectivity index (χ1n) is 21.6. The number of ketones is 2. The van der Waals surface area contributed by atoms with Crippen LogP contribution in [0.4, 0.5) is 14.5 Å². The minimum Gasteiger partial charge on any atom is -0.479 e. The predicted octanol–water partition coefficient (Wildman–Crippen LogP) is 4.80. The number of carboxylic acids is 1. The van der Waals surface area contributed by atoms with E-state index in [4.69, 9.17) is 9.47 Å². The van der Waals surface area contributed by atoms with Gasteiger partial charge in [0.2, 0.25) is 11.8 Å². The maximum Gasteiger partial charge on any atom is 0.339 e. The number of carboxylic acid groups (broad SMARTS) is 1. The number of amides is 4. The second-order valence-corrected chi connectivity index (χ2v) is 18.6. The normalized spacial score (nSPS) is 34.6. The van der Waals surface area contributed by atoms with Crippen molar-refractivity contribution < 1.29 is 62.0 Å². The van der Waals surface area contributed by atoms with E-state index in [0.717, 1.165) is 34.3 Å².